The van der Waals surface area contributed by atoms with Gasteiger partial charge < -0.3 is 25.0 Å². The molecule has 2 aromatic carbocycles. The summed E-state index contributed by atoms with van der Waals surface area (Å²) in [4.78, 5) is 23.7. The van der Waals surface area contributed by atoms with Crippen molar-refractivity contribution in [2.75, 3.05) is 6.79 Å². The van der Waals surface area contributed by atoms with Crippen molar-refractivity contribution in [1.29, 1.82) is 0 Å². The molecule has 1 aliphatic heterocycles. The predicted octanol–water partition coefficient (Wildman–Crippen LogP) is 1.55. The molecule has 0 spiro atoms. The lowest BCUT2D eigenvalue weighted by Gasteiger charge is -2.15. The van der Waals surface area contributed by atoms with E-state index < -0.39 is 17.9 Å². The molecule has 3 N–H and O–H groups in total. The highest BCUT2D eigenvalue weighted by molar-refractivity contribution is 5.97. The fourth-order valence-corrected chi connectivity index (χ4v) is 2.35. The van der Waals surface area contributed by atoms with Crippen LogP contribution >= 0.6 is 0 Å². The summed E-state index contributed by atoms with van der Waals surface area (Å²) in [6.07, 6.45) is 0.103. The molecule has 3 rings (SSSR count). The minimum atomic E-state index is -1.14. The van der Waals surface area contributed by atoms with Crippen LogP contribution in [0.25, 0.3) is 0 Å². The second kappa shape index (κ2) is 6.49. The lowest BCUT2D eigenvalue weighted by Crippen LogP contribution is -2.42. The number of aliphatic carboxylic acids is 1. The van der Waals surface area contributed by atoms with Gasteiger partial charge in [-0.3, -0.25) is 4.79 Å². The van der Waals surface area contributed by atoms with E-state index >= 15 is 0 Å². The first kappa shape index (κ1) is 15.7. The molecule has 0 unspecified atom stereocenters. The number of carbonyl (C=O) groups excluding carboxylic acids is 1. The molecule has 2 aromatic rings. The van der Waals surface area contributed by atoms with Crippen LogP contribution in [0.2, 0.25) is 0 Å². The van der Waals surface area contributed by atoms with Gasteiger partial charge in [0.05, 0.1) is 0 Å². The van der Waals surface area contributed by atoms with E-state index in [4.69, 9.17) is 9.47 Å². The van der Waals surface area contributed by atoms with E-state index in [-0.39, 0.29) is 24.5 Å². The maximum Gasteiger partial charge on any atom is 0.326 e. The largest absolute Gasteiger partial charge is 0.508 e. The number of nitrogens with one attached hydrogen (secondary N) is 1. The first-order valence-corrected chi connectivity index (χ1v) is 7.24. The number of aromatic hydroxyl groups is 1. The highest BCUT2D eigenvalue weighted by Gasteiger charge is 2.23. The molecule has 0 saturated carbocycles. The van der Waals surface area contributed by atoms with Crippen LogP contribution in [0.3, 0.4) is 0 Å². The lowest BCUT2D eigenvalue weighted by atomic mass is 10.1. The van der Waals surface area contributed by atoms with Gasteiger partial charge in [0.15, 0.2) is 11.5 Å². The van der Waals surface area contributed by atoms with Gasteiger partial charge in [0.1, 0.15) is 11.8 Å². The van der Waals surface area contributed by atoms with E-state index in [1.165, 1.54) is 18.2 Å². The summed E-state index contributed by atoms with van der Waals surface area (Å²) in [5.41, 5.74) is 0.974. The van der Waals surface area contributed by atoms with Gasteiger partial charge >= 0.3 is 5.97 Å². The summed E-state index contributed by atoms with van der Waals surface area (Å²) >= 11 is 0. The number of rotatable bonds is 5. The van der Waals surface area contributed by atoms with Crippen molar-refractivity contribution in [2.24, 2.45) is 0 Å². The molecule has 0 saturated heterocycles. The van der Waals surface area contributed by atoms with Crippen LogP contribution in [0.15, 0.2) is 42.5 Å². The molecule has 0 fully saturated rings. The summed E-state index contributed by atoms with van der Waals surface area (Å²) in [5, 5.41) is 21.1. The van der Waals surface area contributed by atoms with Crippen LogP contribution in [-0.4, -0.2) is 34.9 Å². The van der Waals surface area contributed by atoms with Crippen molar-refractivity contribution in [3.8, 4) is 17.2 Å². The fraction of sp³-hybridized carbons (Fsp3) is 0.176. The SMILES string of the molecule is O=C(N[C@@H](Cc1ccc(O)cc1)C(=O)O)c1ccc2c(c1)OCO2. The maximum absolute atomic E-state index is 12.3. The highest BCUT2D eigenvalue weighted by Crippen LogP contribution is 2.32. The van der Waals surface area contributed by atoms with E-state index in [0.29, 0.717) is 17.1 Å². The third-order valence-corrected chi connectivity index (χ3v) is 3.61. The van der Waals surface area contributed by atoms with Crippen molar-refractivity contribution in [3.63, 3.8) is 0 Å². The average Bonchev–Trinajstić information content (AvgIpc) is 3.03. The monoisotopic (exact) mass is 329 g/mol. The number of hydrogen-bond acceptors (Lipinski definition) is 5. The zero-order valence-electron chi connectivity index (χ0n) is 12.6. The fourth-order valence-electron chi connectivity index (χ4n) is 2.35. The van der Waals surface area contributed by atoms with Gasteiger partial charge in [0.25, 0.3) is 5.91 Å². The molecule has 7 nitrogen and oxygen atoms in total. The first-order valence-electron chi connectivity index (χ1n) is 7.24. The standard InChI is InChI=1S/C17H15NO6/c19-12-4-1-10(2-5-12)7-13(17(21)22)18-16(20)11-3-6-14-15(8-11)24-9-23-14/h1-6,8,13,19H,7,9H2,(H,18,20)(H,21,22)/t13-/m0/s1. The Labute approximate surface area is 137 Å². The summed E-state index contributed by atoms with van der Waals surface area (Å²) in [7, 11) is 0. The number of phenols is 1. The number of carboxylic acids is 1. The molecule has 124 valence electrons. The van der Waals surface area contributed by atoms with Crippen LogP contribution < -0.4 is 14.8 Å². The van der Waals surface area contributed by atoms with Gasteiger partial charge in [-0.1, -0.05) is 12.1 Å². The molecule has 0 radical (unpaired) electrons. The molecule has 24 heavy (non-hydrogen) atoms. The van der Waals surface area contributed by atoms with Gasteiger partial charge in [-0.15, -0.1) is 0 Å². The summed E-state index contributed by atoms with van der Waals surface area (Å²) < 4.78 is 10.4. The van der Waals surface area contributed by atoms with E-state index in [1.807, 2.05) is 0 Å². The van der Waals surface area contributed by atoms with Crippen LogP contribution in [-0.2, 0) is 11.2 Å². The molecule has 0 aromatic heterocycles. The lowest BCUT2D eigenvalue weighted by molar-refractivity contribution is -0.139. The molecule has 1 amide bonds. The van der Waals surface area contributed by atoms with Crippen LogP contribution in [0.5, 0.6) is 17.2 Å². The van der Waals surface area contributed by atoms with Crippen molar-refractivity contribution < 1.29 is 29.3 Å². The maximum atomic E-state index is 12.3. The van der Waals surface area contributed by atoms with E-state index in [0.717, 1.165) is 0 Å². The molecular formula is C17H15NO6. The van der Waals surface area contributed by atoms with E-state index in [9.17, 15) is 19.8 Å². The first-order chi connectivity index (χ1) is 11.5. The van der Waals surface area contributed by atoms with Gasteiger partial charge in [-0.2, -0.15) is 0 Å². The number of phenolic OH excluding ortho intramolecular Hbond substituents is 1. The summed E-state index contributed by atoms with van der Waals surface area (Å²) in [6.45, 7) is 0.0962. The Morgan fingerprint density at radius 2 is 1.79 bits per heavy atom. The van der Waals surface area contributed by atoms with E-state index in [1.54, 1.807) is 24.3 Å². The number of carboxylic acid groups (broad SMARTS) is 1. The summed E-state index contributed by atoms with van der Waals surface area (Å²) in [6, 6.07) is 9.72. The topological polar surface area (TPSA) is 105 Å². The molecule has 1 atom stereocenters. The van der Waals surface area contributed by atoms with Gasteiger partial charge in [-0.25, -0.2) is 4.79 Å². The van der Waals surface area contributed by atoms with E-state index in [2.05, 4.69) is 5.32 Å². The van der Waals surface area contributed by atoms with Crippen LogP contribution in [0.1, 0.15) is 15.9 Å². The highest BCUT2D eigenvalue weighted by atomic mass is 16.7. The number of carbonyl (C=O) groups is 2. The molecule has 1 heterocycles. The molecule has 1 aliphatic rings. The average molecular weight is 329 g/mol. The Morgan fingerprint density at radius 3 is 2.50 bits per heavy atom. The molecular weight excluding hydrogens is 314 g/mol. The van der Waals surface area contributed by atoms with Gasteiger partial charge in [0.2, 0.25) is 6.79 Å². The Hall–Kier alpha value is -3.22. The minimum absolute atomic E-state index is 0.0926. The number of hydrogen-bond donors (Lipinski definition) is 3. The second-order valence-electron chi connectivity index (χ2n) is 5.30. The number of benzene rings is 2. The minimum Gasteiger partial charge on any atom is -0.508 e. The van der Waals surface area contributed by atoms with Crippen LogP contribution in [0, 0.1) is 0 Å². The number of amides is 1. The Bertz CT molecular complexity index is 771. The normalized spacial score (nSPS) is 13.3. The Morgan fingerprint density at radius 1 is 1.08 bits per heavy atom. The van der Waals surface area contributed by atoms with Crippen molar-refractivity contribution in [3.05, 3.63) is 53.6 Å². The van der Waals surface area contributed by atoms with Crippen molar-refractivity contribution >= 4 is 11.9 Å². The smallest absolute Gasteiger partial charge is 0.326 e. The van der Waals surface area contributed by atoms with Crippen LogP contribution in [0.4, 0.5) is 0 Å². The third kappa shape index (κ3) is 3.40. The Balaban J connectivity index is 1.72. The van der Waals surface area contributed by atoms with Crippen molar-refractivity contribution in [1.82, 2.24) is 5.32 Å². The number of fused-ring (bicyclic) bond motifs is 1. The van der Waals surface area contributed by atoms with Gasteiger partial charge in [-0.05, 0) is 35.9 Å². The number of ether oxygens (including phenoxy) is 2. The zero-order valence-corrected chi connectivity index (χ0v) is 12.6. The zero-order chi connectivity index (χ0) is 17.1. The second-order valence-corrected chi connectivity index (χ2v) is 5.30. The summed E-state index contributed by atoms with van der Waals surface area (Å²) in [5.74, 6) is -0.565. The quantitative estimate of drug-likeness (QED) is 0.768. The predicted molar refractivity (Wildman–Crippen MR) is 83.3 cm³/mol. The third-order valence-electron chi connectivity index (χ3n) is 3.61. The molecule has 7 heteroatoms. The van der Waals surface area contributed by atoms with Crippen molar-refractivity contribution in [2.45, 2.75) is 12.5 Å². The Kier molecular flexibility index (Phi) is 4.24. The molecule has 0 bridgehead atoms. The molecule has 0 aliphatic carbocycles. The van der Waals surface area contributed by atoms with Gasteiger partial charge in [0, 0.05) is 12.0 Å².